The number of halogens is 1. The number of para-hydroxylation sites is 1. The molecular formula is C15H15FN2O. The molecule has 2 aromatic carbocycles. The molecule has 0 saturated heterocycles. The third kappa shape index (κ3) is 2.91. The Balaban J connectivity index is 2.22. The van der Waals surface area contributed by atoms with E-state index in [2.05, 4.69) is 5.32 Å². The monoisotopic (exact) mass is 258 g/mol. The molecule has 0 heterocycles. The maximum atomic E-state index is 13.7. The van der Waals surface area contributed by atoms with Gasteiger partial charge < -0.3 is 11.1 Å². The number of amides is 1. The van der Waals surface area contributed by atoms with Crippen molar-refractivity contribution in [2.75, 3.05) is 5.32 Å². The molecule has 0 aliphatic rings. The van der Waals surface area contributed by atoms with Crippen LogP contribution < -0.4 is 11.1 Å². The van der Waals surface area contributed by atoms with E-state index in [1.54, 1.807) is 24.3 Å². The fourth-order valence-corrected chi connectivity index (χ4v) is 1.95. The summed E-state index contributed by atoms with van der Waals surface area (Å²) < 4.78 is 13.7. The van der Waals surface area contributed by atoms with Crippen LogP contribution in [0.3, 0.4) is 0 Å². The van der Waals surface area contributed by atoms with Crippen LogP contribution in [0.2, 0.25) is 0 Å². The Kier molecular flexibility index (Phi) is 3.80. The normalized spacial score (nSPS) is 10.2. The zero-order valence-corrected chi connectivity index (χ0v) is 10.6. The first-order chi connectivity index (χ1) is 9.09. The summed E-state index contributed by atoms with van der Waals surface area (Å²) in [4.78, 5) is 11.3. The highest BCUT2D eigenvalue weighted by molar-refractivity contribution is 5.94. The maximum absolute atomic E-state index is 13.7. The van der Waals surface area contributed by atoms with E-state index in [9.17, 15) is 9.18 Å². The van der Waals surface area contributed by atoms with Crippen LogP contribution in [0.25, 0.3) is 0 Å². The molecule has 0 spiro atoms. The molecule has 0 saturated carbocycles. The lowest BCUT2D eigenvalue weighted by Crippen LogP contribution is -2.15. The van der Waals surface area contributed by atoms with Gasteiger partial charge in [-0.25, -0.2) is 4.39 Å². The zero-order valence-electron chi connectivity index (χ0n) is 10.6. The molecule has 1 amide bonds. The van der Waals surface area contributed by atoms with E-state index >= 15 is 0 Å². The van der Waals surface area contributed by atoms with Crippen LogP contribution in [-0.4, -0.2) is 5.91 Å². The number of nitrogens with one attached hydrogen (secondary N) is 1. The molecule has 0 aromatic heterocycles. The van der Waals surface area contributed by atoms with E-state index in [4.69, 9.17) is 5.73 Å². The summed E-state index contributed by atoms with van der Waals surface area (Å²) in [7, 11) is 0. The largest absolute Gasteiger partial charge is 0.378 e. The van der Waals surface area contributed by atoms with Gasteiger partial charge in [-0.15, -0.1) is 0 Å². The first-order valence-corrected chi connectivity index (χ1v) is 5.96. The number of nitrogens with two attached hydrogens (primary N) is 1. The van der Waals surface area contributed by atoms with Crippen LogP contribution in [0.1, 0.15) is 21.5 Å². The summed E-state index contributed by atoms with van der Waals surface area (Å²) in [6, 6.07) is 11.9. The zero-order chi connectivity index (χ0) is 13.8. The van der Waals surface area contributed by atoms with Crippen molar-refractivity contribution in [2.45, 2.75) is 13.5 Å². The lowest BCUT2D eigenvalue weighted by Gasteiger charge is -2.12. The van der Waals surface area contributed by atoms with Crippen molar-refractivity contribution in [3.63, 3.8) is 0 Å². The molecule has 0 fully saturated rings. The Morgan fingerprint density at radius 2 is 1.95 bits per heavy atom. The van der Waals surface area contributed by atoms with E-state index in [1.165, 1.54) is 6.07 Å². The van der Waals surface area contributed by atoms with Gasteiger partial charge in [0.2, 0.25) is 5.91 Å². The second kappa shape index (κ2) is 5.52. The third-order valence-corrected chi connectivity index (χ3v) is 2.96. The van der Waals surface area contributed by atoms with Crippen LogP contribution in [0.5, 0.6) is 0 Å². The minimum atomic E-state index is -0.484. The highest BCUT2D eigenvalue weighted by atomic mass is 19.1. The lowest BCUT2D eigenvalue weighted by molar-refractivity contribution is 0.0999. The first kappa shape index (κ1) is 13.1. The number of benzene rings is 2. The number of anilines is 1. The Morgan fingerprint density at radius 1 is 1.21 bits per heavy atom. The van der Waals surface area contributed by atoms with Crippen LogP contribution >= 0.6 is 0 Å². The van der Waals surface area contributed by atoms with Gasteiger partial charge in [-0.1, -0.05) is 30.3 Å². The molecule has 4 heteroatoms. The van der Waals surface area contributed by atoms with Crippen molar-refractivity contribution in [1.82, 2.24) is 0 Å². The number of hydrogen-bond donors (Lipinski definition) is 2. The Bertz CT molecular complexity index is 591. The topological polar surface area (TPSA) is 55.1 Å². The van der Waals surface area contributed by atoms with E-state index in [1.807, 2.05) is 19.1 Å². The Hall–Kier alpha value is -2.36. The Labute approximate surface area is 111 Å². The van der Waals surface area contributed by atoms with Gasteiger partial charge in [0, 0.05) is 12.1 Å². The molecule has 0 unspecified atom stereocenters. The van der Waals surface area contributed by atoms with Gasteiger partial charge in [-0.3, -0.25) is 4.79 Å². The van der Waals surface area contributed by atoms with Crippen LogP contribution in [0, 0.1) is 12.7 Å². The van der Waals surface area contributed by atoms with E-state index in [-0.39, 0.29) is 5.82 Å². The summed E-state index contributed by atoms with van der Waals surface area (Å²) in [6.45, 7) is 2.17. The number of primary amides is 1. The molecule has 0 atom stereocenters. The lowest BCUT2D eigenvalue weighted by atomic mass is 10.1. The molecular weight excluding hydrogens is 243 g/mol. The van der Waals surface area contributed by atoms with Crippen molar-refractivity contribution < 1.29 is 9.18 Å². The van der Waals surface area contributed by atoms with Crippen molar-refractivity contribution in [2.24, 2.45) is 5.73 Å². The van der Waals surface area contributed by atoms with Crippen molar-refractivity contribution in [3.8, 4) is 0 Å². The van der Waals surface area contributed by atoms with Crippen LogP contribution in [0.4, 0.5) is 10.1 Å². The fourth-order valence-electron chi connectivity index (χ4n) is 1.95. The quantitative estimate of drug-likeness (QED) is 0.886. The molecule has 19 heavy (non-hydrogen) atoms. The summed E-state index contributed by atoms with van der Waals surface area (Å²) in [5, 5.41) is 3.01. The van der Waals surface area contributed by atoms with E-state index in [0.29, 0.717) is 17.8 Å². The minimum Gasteiger partial charge on any atom is -0.378 e. The summed E-state index contributed by atoms with van der Waals surface area (Å²) >= 11 is 0. The molecule has 0 bridgehead atoms. The molecule has 0 radical (unpaired) electrons. The standard InChI is InChI=1S/C15H15FN2O/c1-10-5-4-8-13(16)14(10)18-9-11-6-2-3-7-12(11)15(17)19/h2-8,18H,9H2,1H3,(H2,17,19). The van der Waals surface area contributed by atoms with Gasteiger partial charge >= 0.3 is 0 Å². The van der Waals surface area contributed by atoms with Gasteiger partial charge in [0.25, 0.3) is 0 Å². The number of aryl methyl sites for hydroxylation is 1. The highest BCUT2D eigenvalue weighted by Crippen LogP contribution is 2.20. The number of hydrogen-bond acceptors (Lipinski definition) is 2. The molecule has 3 nitrogen and oxygen atoms in total. The molecule has 2 rings (SSSR count). The number of carbonyl (C=O) groups is 1. The number of carbonyl (C=O) groups excluding carboxylic acids is 1. The van der Waals surface area contributed by atoms with Gasteiger partial charge in [-0.2, -0.15) is 0 Å². The second-order valence-corrected chi connectivity index (χ2v) is 4.31. The van der Waals surface area contributed by atoms with Gasteiger partial charge in [0.1, 0.15) is 5.82 Å². The van der Waals surface area contributed by atoms with Crippen molar-refractivity contribution in [3.05, 3.63) is 65.0 Å². The SMILES string of the molecule is Cc1cccc(F)c1NCc1ccccc1C(N)=O. The third-order valence-electron chi connectivity index (χ3n) is 2.96. The van der Waals surface area contributed by atoms with Crippen molar-refractivity contribution >= 4 is 11.6 Å². The van der Waals surface area contributed by atoms with Gasteiger partial charge in [0.05, 0.1) is 5.69 Å². The molecule has 3 N–H and O–H groups in total. The molecule has 0 aliphatic heterocycles. The predicted octanol–water partition coefficient (Wildman–Crippen LogP) is 2.85. The molecule has 2 aromatic rings. The van der Waals surface area contributed by atoms with Gasteiger partial charge in [-0.05, 0) is 30.2 Å². The summed E-state index contributed by atoms with van der Waals surface area (Å²) in [5.41, 5.74) is 7.76. The van der Waals surface area contributed by atoms with Crippen molar-refractivity contribution in [1.29, 1.82) is 0 Å². The fraction of sp³-hybridized carbons (Fsp3) is 0.133. The van der Waals surface area contributed by atoms with E-state index in [0.717, 1.165) is 11.1 Å². The van der Waals surface area contributed by atoms with Crippen LogP contribution in [0.15, 0.2) is 42.5 Å². The van der Waals surface area contributed by atoms with Crippen LogP contribution in [-0.2, 0) is 6.54 Å². The Morgan fingerprint density at radius 3 is 2.63 bits per heavy atom. The van der Waals surface area contributed by atoms with Gasteiger partial charge in [0.15, 0.2) is 0 Å². The predicted molar refractivity (Wildman–Crippen MR) is 73.4 cm³/mol. The van der Waals surface area contributed by atoms with E-state index < -0.39 is 5.91 Å². The average molecular weight is 258 g/mol. The average Bonchev–Trinajstić information content (AvgIpc) is 2.38. The molecule has 0 aliphatic carbocycles. The minimum absolute atomic E-state index is 0.309. The highest BCUT2D eigenvalue weighted by Gasteiger charge is 2.09. The first-order valence-electron chi connectivity index (χ1n) is 5.96. The summed E-state index contributed by atoms with van der Waals surface area (Å²) in [5.74, 6) is -0.792. The number of rotatable bonds is 4. The smallest absolute Gasteiger partial charge is 0.249 e. The maximum Gasteiger partial charge on any atom is 0.249 e. The second-order valence-electron chi connectivity index (χ2n) is 4.31. The summed E-state index contributed by atoms with van der Waals surface area (Å²) in [6.07, 6.45) is 0. The molecule has 98 valence electrons.